The van der Waals surface area contributed by atoms with Gasteiger partial charge in [-0.15, -0.1) is 0 Å². The van der Waals surface area contributed by atoms with Gasteiger partial charge in [0.15, 0.2) is 0 Å². The molecule has 2 aromatic rings. The topological polar surface area (TPSA) is 118 Å². The number of carboxylic acids is 2. The highest BCUT2D eigenvalue weighted by molar-refractivity contribution is 6.27. The normalized spacial score (nSPS) is 13.9. The highest BCUT2D eigenvalue weighted by Crippen LogP contribution is 2.27. The van der Waals surface area contributed by atoms with Gasteiger partial charge in [-0.2, -0.15) is 0 Å². The Hall–Kier alpha value is -3.50. The minimum absolute atomic E-state index is 0.819. The molecule has 2 aromatic carbocycles. The Bertz CT molecular complexity index is 924. The second-order valence-electron chi connectivity index (χ2n) is 7.56. The third-order valence-electron chi connectivity index (χ3n) is 5.35. The van der Waals surface area contributed by atoms with E-state index in [9.17, 15) is 0 Å². The van der Waals surface area contributed by atoms with E-state index >= 15 is 0 Å². The molecule has 0 saturated carbocycles. The Balaban J connectivity index is 0.000000604. The van der Waals surface area contributed by atoms with Crippen molar-refractivity contribution in [2.24, 2.45) is 0 Å². The van der Waals surface area contributed by atoms with Gasteiger partial charge in [0.05, 0.1) is 28.4 Å². The fourth-order valence-corrected chi connectivity index (χ4v) is 3.54. The fraction of sp³-hybridized carbons (Fsp3) is 0.417. The summed E-state index contributed by atoms with van der Waals surface area (Å²) in [6, 6.07) is 12.1. The second-order valence-corrected chi connectivity index (χ2v) is 7.56. The van der Waals surface area contributed by atoms with Crippen molar-refractivity contribution in [3.8, 4) is 23.0 Å². The average molecular weight is 477 g/mol. The summed E-state index contributed by atoms with van der Waals surface area (Å²) in [5, 5.41) is 14.8. The van der Waals surface area contributed by atoms with E-state index in [1.165, 1.54) is 11.1 Å². The summed E-state index contributed by atoms with van der Waals surface area (Å²) in [7, 11) is 6.75. The number of carbonyl (C=O) groups is 2. The quantitative estimate of drug-likeness (QED) is 0.549. The van der Waals surface area contributed by atoms with Gasteiger partial charge >= 0.3 is 11.9 Å². The number of nitrogens with zero attached hydrogens (tertiary/aromatic N) is 2. The Kier molecular flexibility index (Phi) is 10.4. The molecule has 10 nitrogen and oxygen atoms in total. The van der Waals surface area contributed by atoms with Crippen LogP contribution in [0, 0.1) is 0 Å². The molecule has 186 valence electrons. The van der Waals surface area contributed by atoms with Crippen LogP contribution in [-0.4, -0.2) is 86.6 Å². The Labute approximate surface area is 199 Å². The van der Waals surface area contributed by atoms with Crippen LogP contribution in [0.15, 0.2) is 36.4 Å². The molecule has 0 aliphatic carbocycles. The van der Waals surface area contributed by atoms with Crippen molar-refractivity contribution in [3.63, 3.8) is 0 Å². The lowest BCUT2D eigenvalue weighted by Gasteiger charge is -2.35. The van der Waals surface area contributed by atoms with Crippen molar-refractivity contribution in [1.29, 1.82) is 0 Å². The molecule has 1 aliphatic rings. The van der Waals surface area contributed by atoms with Crippen molar-refractivity contribution >= 4 is 11.9 Å². The molecule has 3 rings (SSSR count). The maximum atomic E-state index is 9.10. The predicted molar refractivity (Wildman–Crippen MR) is 125 cm³/mol. The van der Waals surface area contributed by atoms with Gasteiger partial charge in [0.25, 0.3) is 0 Å². The van der Waals surface area contributed by atoms with Crippen LogP contribution in [0.3, 0.4) is 0 Å². The summed E-state index contributed by atoms with van der Waals surface area (Å²) >= 11 is 0. The van der Waals surface area contributed by atoms with Crippen LogP contribution < -0.4 is 18.9 Å². The Morgan fingerprint density at radius 2 is 1.21 bits per heavy atom. The molecule has 0 spiro atoms. The minimum atomic E-state index is -1.82. The number of carboxylic acid groups (broad SMARTS) is 2. The summed E-state index contributed by atoms with van der Waals surface area (Å²) in [6.07, 6.45) is 0. The third-order valence-corrected chi connectivity index (χ3v) is 5.35. The van der Waals surface area contributed by atoms with Crippen LogP contribution in [0.1, 0.15) is 11.1 Å². The molecule has 10 heteroatoms. The van der Waals surface area contributed by atoms with Gasteiger partial charge in [-0.3, -0.25) is 9.80 Å². The first-order valence-corrected chi connectivity index (χ1v) is 10.6. The molecule has 0 amide bonds. The van der Waals surface area contributed by atoms with Gasteiger partial charge in [-0.05, 0) is 23.8 Å². The maximum absolute atomic E-state index is 9.10. The van der Waals surface area contributed by atoms with E-state index in [4.69, 9.17) is 38.7 Å². The molecule has 1 heterocycles. The molecule has 1 saturated heterocycles. The summed E-state index contributed by atoms with van der Waals surface area (Å²) in [5.41, 5.74) is 2.40. The van der Waals surface area contributed by atoms with Gasteiger partial charge in [0, 0.05) is 57.0 Å². The van der Waals surface area contributed by atoms with Gasteiger partial charge in [-0.25, -0.2) is 9.59 Å². The number of hydrogen-bond acceptors (Lipinski definition) is 8. The first-order valence-electron chi connectivity index (χ1n) is 10.6. The molecule has 0 atom stereocenters. The Morgan fingerprint density at radius 1 is 0.706 bits per heavy atom. The molecule has 0 bridgehead atoms. The van der Waals surface area contributed by atoms with Crippen molar-refractivity contribution in [2.75, 3.05) is 54.6 Å². The molecule has 0 aromatic heterocycles. The van der Waals surface area contributed by atoms with E-state index in [1.54, 1.807) is 28.4 Å². The van der Waals surface area contributed by atoms with Gasteiger partial charge in [-0.1, -0.05) is 6.07 Å². The van der Waals surface area contributed by atoms with Crippen LogP contribution in [-0.2, 0) is 22.7 Å². The lowest BCUT2D eigenvalue weighted by Crippen LogP contribution is -2.45. The van der Waals surface area contributed by atoms with Crippen LogP contribution in [0.4, 0.5) is 0 Å². The fourth-order valence-electron chi connectivity index (χ4n) is 3.54. The predicted octanol–water partition coefficient (Wildman–Crippen LogP) is 2.19. The van der Waals surface area contributed by atoms with Crippen molar-refractivity contribution < 1.29 is 38.7 Å². The molecule has 1 fully saturated rings. The molecular formula is C24H32N2O8. The largest absolute Gasteiger partial charge is 0.497 e. The van der Waals surface area contributed by atoms with E-state index in [2.05, 4.69) is 28.0 Å². The molecule has 1 aliphatic heterocycles. The summed E-state index contributed by atoms with van der Waals surface area (Å²) in [4.78, 5) is 23.1. The monoisotopic (exact) mass is 476 g/mol. The van der Waals surface area contributed by atoms with E-state index in [0.717, 1.165) is 62.3 Å². The smallest absolute Gasteiger partial charge is 0.414 e. The first-order chi connectivity index (χ1) is 16.3. The maximum Gasteiger partial charge on any atom is 0.414 e. The molecule has 0 radical (unpaired) electrons. The number of piperazine rings is 1. The standard InChI is InChI=1S/C22H30N2O4.C2H2O4/c1-25-19-6-5-18(22(14-19)28-4)16-24-9-7-23(8-10-24)15-17-11-20(26-2)13-21(12-17)27-3;3-1(4)2(5)6/h5-6,11-14H,7-10,15-16H2,1-4H3;(H,3,4)(H,5,6). The lowest BCUT2D eigenvalue weighted by molar-refractivity contribution is -0.159. The number of benzene rings is 2. The van der Waals surface area contributed by atoms with Crippen LogP contribution in [0.25, 0.3) is 0 Å². The SMILES string of the molecule is COc1cc(CN2CCN(Cc3ccc(OC)cc3OC)CC2)cc(OC)c1.O=C(O)C(=O)O. The minimum Gasteiger partial charge on any atom is -0.497 e. The van der Waals surface area contributed by atoms with Crippen LogP contribution in [0.2, 0.25) is 0 Å². The van der Waals surface area contributed by atoms with E-state index in [1.807, 2.05) is 18.2 Å². The average Bonchev–Trinajstić information content (AvgIpc) is 2.85. The number of hydrogen-bond donors (Lipinski definition) is 2. The summed E-state index contributed by atoms with van der Waals surface area (Å²) < 4.78 is 21.6. The number of aliphatic carboxylic acids is 2. The Morgan fingerprint density at radius 3 is 1.65 bits per heavy atom. The highest BCUT2D eigenvalue weighted by atomic mass is 16.5. The van der Waals surface area contributed by atoms with Gasteiger partial charge in [0.1, 0.15) is 23.0 Å². The van der Waals surface area contributed by atoms with Gasteiger partial charge < -0.3 is 29.2 Å². The van der Waals surface area contributed by atoms with Crippen molar-refractivity contribution in [1.82, 2.24) is 9.80 Å². The second kappa shape index (κ2) is 13.3. The zero-order chi connectivity index (χ0) is 25.1. The molecule has 0 unspecified atom stereocenters. The molecule has 2 N–H and O–H groups in total. The van der Waals surface area contributed by atoms with Crippen LogP contribution >= 0.6 is 0 Å². The third kappa shape index (κ3) is 8.13. The van der Waals surface area contributed by atoms with Crippen LogP contribution in [0.5, 0.6) is 23.0 Å². The zero-order valence-electron chi connectivity index (χ0n) is 19.9. The van der Waals surface area contributed by atoms with E-state index in [-0.39, 0.29) is 0 Å². The first kappa shape index (κ1) is 26.7. The van der Waals surface area contributed by atoms with Gasteiger partial charge in [0.2, 0.25) is 0 Å². The number of methoxy groups -OCH3 is 4. The number of ether oxygens (including phenoxy) is 4. The van der Waals surface area contributed by atoms with E-state index in [0.29, 0.717) is 0 Å². The highest BCUT2D eigenvalue weighted by Gasteiger charge is 2.19. The number of rotatable bonds is 8. The lowest BCUT2D eigenvalue weighted by atomic mass is 10.1. The van der Waals surface area contributed by atoms with Crippen molar-refractivity contribution in [3.05, 3.63) is 47.5 Å². The molecular weight excluding hydrogens is 444 g/mol. The molecule has 34 heavy (non-hydrogen) atoms. The summed E-state index contributed by atoms with van der Waals surface area (Å²) in [5.74, 6) is -0.284. The zero-order valence-corrected chi connectivity index (χ0v) is 19.9. The van der Waals surface area contributed by atoms with E-state index < -0.39 is 11.9 Å². The van der Waals surface area contributed by atoms with Crippen molar-refractivity contribution in [2.45, 2.75) is 13.1 Å². The summed E-state index contributed by atoms with van der Waals surface area (Å²) in [6.45, 7) is 5.88.